The van der Waals surface area contributed by atoms with E-state index in [2.05, 4.69) is 10.2 Å². The first kappa shape index (κ1) is 9.61. The molecule has 1 aromatic rings. The fraction of sp³-hybridized carbons (Fsp3) is 0.778. The Balaban J connectivity index is 1.79. The van der Waals surface area contributed by atoms with Gasteiger partial charge in [0.25, 0.3) is 0 Å². The number of hydrogen-bond donors (Lipinski definition) is 1. The Labute approximate surface area is 82.6 Å². The van der Waals surface area contributed by atoms with Crippen molar-refractivity contribution < 1.29 is 9.15 Å². The second kappa shape index (κ2) is 4.52. The molecule has 1 saturated heterocycles. The number of nitrogens with zero attached hydrogens (tertiary/aromatic N) is 2. The monoisotopic (exact) mass is 197 g/mol. The molecule has 2 rings (SSSR count). The molecule has 0 amide bonds. The van der Waals surface area contributed by atoms with Crippen molar-refractivity contribution in [1.82, 2.24) is 10.2 Å². The van der Waals surface area contributed by atoms with E-state index in [4.69, 9.17) is 14.9 Å². The summed E-state index contributed by atoms with van der Waals surface area (Å²) < 4.78 is 10.8. The van der Waals surface area contributed by atoms with Crippen LogP contribution < -0.4 is 5.73 Å². The Morgan fingerprint density at radius 2 is 2.21 bits per heavy atom. The Hall–Kier alpha value is -0.940. The van der Waals surface area contributed by atoms with Crippen LogP contribution in [0.3, 0.4) is 0 Å². The maximum Gasteiger partial charge on any atom is 0.230 e. The van der Waals surface area contributed by atoms with E-state index >= 15 is 0 Å². The lowest BCUT2D eigenvalue weighted by atomic mass is 10.1. The molecule has 5 heteroatoms. The van der Waals surface area contributed by atoms with Gasteiger partial charge in [-0.1, -0.05) is 0 Å². The number of aromatic nitrogens is 2. The Morgan fingerprint density at radius 3 is 2.86 bits per heavy atom. The van der Waals surface area contributed by atoms with Gasteiger partial charge in [0.15, 0.2) is 0 Å². The van der Waals surface area contributed by atoms with Gasteiger partial charge in [-0.05, 0) is 19.3 Å². The summed E-state index contributed by atoms with van der Waals surface area (Å²) in [6.07, 6.45) is 4.45. The molecule has 14 heavy (non-hydrogen) atoms. The number of ether oxygens (including phenoxy) is 1. The van der Waals surface area contributed by atoms with Crippen LogP contribution in [0.15, 0.2) is 4.42 Å². The molecular formula is C9H15N3O2. The highest BCUT2D eigenvalue weighted by Crippen LogP contribution is 2.17. The molecule has 1 atom stereocenters. The third-order valence-corrected chi connectivity index (χ3v) is 2.39. The predicted octanol–water partition coefficient (Wildman–Crippen LogP) is 0.640. The summed E-state index contributed by atoms with van der Waals surface area (Å²) in [6, 6.07) is 0. The van der Waals surface area contributed by atoms with E-state index in [0.29, 0.717) is 24.4 Å². The second-order valence-electron chi connectivity index (χ2n) is 3.47. The number of rotatable bonds is 4. The molecule has 2 heterocycles. The minimum atomic E-state index is 0.312. The molecule has 1 aliphatic rings. The highest BCUT2D eigenvalue weighted by atomic mass is 16.5. The average Bonchev–Trinajstić information content (AvgIpc) is 2.86. The normalized spacial score (nSPS) is 21.6. The van der Waals surface area contributed by atoms with Crippen LogP contribution >= 0.6 is 0 Å². The SMILES string of the molecule is NCc1nnc(CCC2CCCO2)o1. The fourth-order valence-electron chi connectivity index (χ4n) is 1.63. The van der Waals surface area contributed by atoms with Gasteiger partial charge in [0.1, 0.15) is 0 Å². The van der Waals surface area contributed by atoms with E-state index in [1.165, 1.54) is 6.42 Å². The van der Waals surface area contributed by atoms with Crippen LogP contribution in [0, 0.1) is 0 Å². The molecule has 0 bridgehead atoms. The molecule has 0 saturated carbocycles. The van der Waals surface area contributed by atoms with Crippen molar-refractivity contribution in [2.45, 2.75) is 38.3 Å². The van der Waals surface area contributed by atoms with Crippen molar-refractivity contribution in [3.8, 4) is 0 Å². The molecule has 0 aromatic carbocycles. The molecule has 0 spiro atoms. The van der Waals surface area contributed by atoms with Gasteiger partial charge >= 0.3 is 0 Å². The highest BCUT2D eigenvalue weighted by molar-refractivity contribution is 4.82. The van der Waals surface area contributed by atoms with E-state index < -0.39 is 0 Å². The van der Waals surface area contributed by atoms with E-state index in [1.807, 2.05) is 0 Å². The van der Waals surface area contributed by atoms with Gasteiger partial charge in [-0.15, -0.1) is 10.2 Å². The summed E-state index contributed by atoms with van der Waals surface area (Å²) in [4.78, 5) is 0. The van der Waals surface area contributed by atoms with Crippen LogP contribution in [0.4, 0.5) is 0 Å². The zero-order valence-electron chi connectivity index (χ0n) is 8.11. The Bertz CT molecular complexity index is 281. The molecule has 0 radical (unpaired) electrons. The Morgan fingerprint density at radius 1 is 1.36 bits per heavy atom. The first-order chi connectivity index (χ1) is 6.88. The minimum Gasteiger partial charge on any atom is -0.424 e. The summed E-state index contributed by atoms with van der Waals surface area (Å²) in [5, 5.41) is 7.69. The molecule has 78 valence electrons. The van der Waals surface area contributed by atoms with Crippen LogP contribution in [-0.4, -0.2) is 22.9 Å². The standard InChI is InChI=1S/C9H15N3O2/c10-6-9-12-11-8(14-9)4-3-7-2-1-5-13-7/h7H,1-6,10H2. The number of nitrogens with two attached hydrogens (primary N) is 1. The maximum atomic E-state index is 5.49. The molecule has 1 unspecified atom stereocenters. The zero-order chi connectivity index (χ0) is 9.80. The van der Waals surface area contributed by atoms with Crippen LogP contribution in [0.25, 0.3) is 0 Å². The molecule has 1 aliphatic heterocycles. The minimum absolute atomic E-state index is 0.312. The highest BCUT2D eigenvalue weighted by Gasteiger charge is 2.16. The van der Waals surface area contributed by atoms with Crippen molar-refractivity contribution in [1.29, 1.82) is 0 Å². The van der Waals surface area contributed by atoms with Crippen LogP contribution in [0.5, 0.6) is 0 Å². The van der Waals surface area contributed by atoms with Crippen LogP contribution in [-0.2, 0) is 17.7 Å². The van der Waals surface area contributed by atoms with Crippen LogP contribution in [0.1, 0.15) is 31.0 Å². The van der Waals surface area contributed by atoms with Crippen molar-refractivity contribution in [2.75, 3.05) is 6.61 Å². The molecular weight excluding hydrogens is 182 g/mol. The first-order valence-electron chi connectivity index (χ1n) is 5.01. The van der Waals surface area contributed by atoms with Gasteiger partial charge in [-0.25, -0.2) is 0 Å². The van der Waals surface area contributed by atoms with Crippen molar-refractivity contribution >= 4 is 0 Å². The lowest BCUT2D eigenvalue weighted by molar-refractivity contribution is 0.103. The topological polar surface area (TPSA) is 74.2 Å². The van der Waals surface area contributed by atoms with Gasteiger partial charge in [-0.2, -0.15) is 0 Å². The van der Waals surface area contributed by atoms with Crippen molar-refractivity contribution in [3.05, 3.63) is 11.8 Å². The average molecular weight is 197 g/mol. The first-order valence-corrected chi connectivity index (χ1v) is 5.01. The smallest absolute Gasteiger partial charge is 0.230 e. The van der Waals surface area contributed by atoms with E-state index in [1.54, 1.807) is 0 Å². The molecule has 1 fully saturated rings. The van der Waals surface area contributed by atoms with E-state index in [0.717, 1.165) is 25.9 Å². The second-order valence-corrected chi connectivity index (χ2v) is 3.47. The summed E-state index contributed by atoms with van der Waals surface area (Å²) in [7, 11) is 0. The van der Waals surface area contributed by atoms with Gasteiger partial charge in [0.05, 0.1) is 12.6 Å². The van der Waals surface area contributed by atoms with E-state index in [9.17, 15) is 0 Å². The summed E-state index contributed by atoms with van der Waals surface area (Å²) in [5.41, 5.74) is 5.36. The largest absolute Gasteiger partial charge is 0.424 e. The Kier molecular flexibility index (Phi) is 3.10. The number of hydrogen-bond acceptors (Lipinski definition) is 5. The van der Waals surface area contributed by atoms with Crippen LogP contribution in [0.2, 0.25) is 0 Å². The third kappa shape index (κ3) is 2.30. The lowest BCUT2D eigenvalue weighted by Gasteiger charge is -2.05. The maximum absolute atomic E-state index is 5.49. The molecule has 2 N–H and O–H groups in total. The zero-order valence-corrected chi connectivity index (χ0v) is 8.11. The molecule has 0 aliphatic carbocycles. The van der Waals surface area contributed by atoms with Gasteiger partial charge in [-0.3, -0.25) is 0 Å². The van der Waals surface area contributed by atoms with Gasteiger partial charge < -0.3 is 14.9 Å². The van der Waals surface area contributed by atoms with Gasteiger partial charge in [0, 0.05) is 13.0 Å². The summed E-state index contributed by atoms with van der Waals surface area (Å²) in [6.45, 7) is 1.20. The van der Waals surface area contributed by atoms with Crippen molar-refractivity contribution in [3.63, 3.8) is 0 Å². The molecule has 5 nitrogen and oxygen atoms in total. The van der Waals surface area contributed by atoms with Gasteiger partial charge in [0.2, 0.25) is 11.8 Å². The lowest BCUT2D eigenvalue weighted by Crippen LogP contribution is -2.06. The number of aryl methyl sites for hydroxylation is 1. The quantitative estimate of drug-likeness (QED) is 0.766. The van der Waals surface area contributed by atoms with Crippen molar-refractivity contribution in [2.24, 2.45) is 5.73 Å². The summed E-state index contributed by atoms with van der Waals surface area (Å²) >= 11 is 0. The van der Waals surface area contributed by atoms with E-state index in [-0.39, 0.29) is 0 Å². The molecule has 1 aromatic heterocycles. The fourth-order valence-corrected chi connectivity index (χ4v) is 1.63. The third-order valence-electron chi connectivity index (χ3n) is 2.39. The summed E-state index contributed by atoms with van der Waals surface area (Å²) in [5.74, 6) is 1.17. The predicted molar refractivity (Wildman–Crippen MR) is 49.5 cm³/mol.